The number of aromatic carboxylic acids is 1. The Bertz CT molecular complexity index is 803. The Morgan fingerprint density at radius 2 is 1.95 bits per heavy atom. The SMILES string of the molecule is O=C(O)c1cn(C2CC2)c2c(C(F)(F)F)cccc2c1=O. The standard InChI is InChI=1S/C14H10F3NO3/c15-14(16,17)10-3-1-2-8-11(10)18(7-4-5-7)6-9(12(8)19)13(20)21/h1-3,6-7H,4-5H2,(H,20,21). The van der Waals surface area contributed by atoms with Crippen molar-refractivity contribution in [3.05, 3.63) is 45.7 Å². The van der Waals surface area contributed by atoms with Crippen LogP contribution in [0.4, 0.5) is 13.2 Å². The van der Waals surface area contributed by atoms with Crippen molar-refractivity contribution in [3.8, 4) is 0 Å². The maximum atomic E-state index is 13.1. The Labute approximate surface area is 116 Å². The number of alkyl halides is 3. The largest absolute Gasteiger partial charge is 0.477 e. The molecule has 110 valence electrons. The highest BCUT2D eigenvalue weighted by molar-refractivity contribution is 5.93. The third-order valence-electron chi connectivity index (χ3n) is 3.53. The second-order valence-electron chi connectivity index (χ2n) is 5.01. The number of benzene rings is 1. The topological polar surface area (TPSA) is 59.3 Å². The fraction of sp³-hybridized carbons (Fsp3) is 0.286. The van der Waals surface area contributed by atoms with Gasteiger partial charge in [0.05, 0.1) is 11.1 Å². The van der Waals surface area contributed by atoms with Crippen LogP contribution in [0.1, 0.15) is 34.8 Å². The van der Waals surface area contributed by atoms with Crippen LogP contribution in [-0.4, -0.2) is 15.6 Å². The molecule has 0 radical (unpaired) electrons. The van der Waals surface area contributed by atoms with Crippen LogP contribution in [0.3, 0.4) is 0 Å². The number of carbonyl (C=O) groups is 1. The molecule has 1 aromatic heterocycles. The van der Waals surface area contributed by atoms with E-state index < -0.39 is 28.7 Å². The van der Waals surface area contributed by atoms with E-state index in [1.165, 1.54) is 10.6 Å². The van der Waals surface area contributed by atoms with Gasteiger partial charge in [-0.15, -0.1) is 0 Å². The number of aromatic nitrogens is 1. The lowest BCUT2D eigenvalue weighted by Crippen LogP contribution is -2.21. The van der Waals surface area contributed by atoms with E-state index in [9.17, 15) is 22.8 Å². The number of rotatable bonds is 2. The van der Waals surface area contributed by atoms with Crippen LogP contribution in [0.5, 0.6) is 0 Å². The fourth-order valence-corrected chi connectivity index (χ4v) is 2.43. The smallest absolute Gasteiger partial charge is 0.418 e. The summed E-state index contributed by atoms with van der Waals surface area (Å²) < 4.78 is 40.7. The van der Waals surface area contributed by atoms with Gasteiger partial charge < -0.3 is 9.67 Å². The first-order valence-corrected chi connectivity index (χ1v) is 6.29. The Morgan fingerprint density at radius 3 is 2.48 bits per heavy atom. The minimum absolute atomic E-state index is 0.185. The molecule has 2 aromatic rings. The molecule has 1 heterocycles. The van der Waals surface area contributed by atoms with Gasteiger partial charge in [0.25, 0.3) is 0 Å². The number of halogens is 3. The van der Waals surface area contributed by atoms with Crippen LogP contribution < -0.4 is 5.43 Å². The van der Waals surface area contributed by atoms with Crippen molar-refractivity contribution < 1.29 is 23.1 Å². The van der Waals surface area contributed by atoms with E-state index in [0.29, 0.717) is 12.8 Å². The van der Waals surface area contributed by atoms with Crippen molar-refractivity contribution >= 4 is 16.9 Å². The Hall–Kier alpha value is -2.31. The Kier molecular flexibility index (Phi) is 2.82. The summed E-state index contributed by atoms with van der Waals surface area (Å²) in [5.74, 6) is -1.44. The maximum absolute atomic E-state index is 13.1. The van der Waals surface area contributed by atoms with E-state index in [0.717, 1.165) is 18.3 Å². The molecule has 3 rings (SSSR count). The first-order chi connectivity index (χ1) is 9.80. The van der Waals surface area contributed by atoms with E-state index in [4.69, 9.17) is 5.11 Å². The summed E-state index contributed by atoms with van der Waals surface area (Å²) in [6, 6.07) is 3.07. The van der Waals surface area contributed by atoms with Crippen molar-refractivity contribution in [3.63, 3.8) is 0 Å². The summed E-state index contributed by atoms with van der Waals surface area (Å²) in [6.45, 7) is 0. The Morgan fingerprint density at radius 1 is 1.29 bits per heavy atom. The molecule has 1 N–H and O–H groups in total. The van der Waals surface area contributed by atoms with Crippen LogP contribution in [0.25, 0.3) is 10.9 Å². The molecule has 7 heteroatoms. The lowest BCUT2D eigenvalue weighted by Gasteiger charge is -2.16. The molecule has 1 aliphatic rings. The zero-order valence-electron chi connectivity index (χ0n) is 10.6. The van der Waals surface area contributed by atoms with Gasteiger partial charge in [-0.1, -0.05) is 6.07 Å². The zero-order valence-corrected chi connectivity index (χ0v) is 10.6. The van der Waals surface area contributed by atoms with Crippen molar-refractivity contribution in [1.82, 2.24) is 4.57 Å². The first-order valence-electron chi connectivity index (χ1n) is 6.29. The number of para-hydroxylation sites is 1. The van der Waals surface area contributed by atoms with Gasteiger partial charge in [-0.05, 0) is 25.0 Å². The van der Waals surface area contributed by atoms with Crippen LogP contribution in [0.15, 0.2) is 29.2 Å². The number of hydrogen-bond donors (Lipinski definition) is 1. The molecule has 1 aliphatic carbocycles. The maximum Gasteiger partial charge on any atom is 0.418 e. The highest BCUT2D eigenvalue weighted by Crippen LogP contribution is 2.41. The molecule has 4 nitrogen and oxygen atoms in total. The minimum Gasteiger partial charge on any atom is -0.477 e. The number of carboxylic acid groups (broad SMARTS) is 1. The molecule has 1 saturated carbocycles. The van der Waals surface area contributed by atoms with Crippen LogP contribution in [0, 0.1) is 0 Å². The second-order valence-corrected chi connectivity index (χ2v) is 5.01. The van der Waals surface area contributed by atoms with Gasteiger partial charge in [-0.25, -0.2) is 4.79 Å². The molecule has 1 fully saturated rings. The number of nitrogens with zero attached hydrogens (tertiary/aromatic N) is 1. The van der Waals surface area contributed by atoms with Crippen molar-refractivity contribution in [2.45, 2.75) is 25.1 Å². The normalized spacial score (nSPS) is 15.4. The molecule has 0 atom stereocenters. The van der Waals surface area contributed by atoms with Gasteiger partial charge in [0.15, 0.2) is 0 Å². The molecule has 0 amide bonds. The van der Waals surface area contributed by atoms with Gasteiger partial charge in [0.2, 0.25) is 5.43 Å². The molecule has 0 unspecified atom stereocenters. The third-order valence-corrected chi connectivity index (χ3v) is 3.53. The number of fused-ring (bicyclic) bond motifs is 1. The Balaban J connectivity index is 2.47. The summed E-state index contributed by atoms with van der Waals surface area (Å²) in [4.78, 5) is 23.2. The van der Waals surface area contributed by atoms with Crippen molar-refractivity contribution in [2.75, 3.05) is 0 Å². The predicted molar refractivity (Wildman–Crippen MR) is 68.4 cm³/mol. The zero-order chi connectivity index (χ0) is 15.4. The average Bonchev–Trinajstić information content (AvgIpc) is 3.21. The first kappa shape index (κ1) is 13.7. The summed E-state index contributed by atoms with van der Waals surface area (Å²) in [6.07, 6.45) is -2.24. The van der Waals surface area contributed by atoms with Gasteiger partial charge in [0, 0.05) is 17.6 Å². The lowest BCUT2D eigenvalue weighted by atomic mass is 10.1. The minimum atomic E-state index is -4.60. The van der Waals surface area contributed by atoms with E-state index in [1.54, 1.807) is 0 Å². The van der Waals surface area contributed by atoms with Gasteiger partial charge >= 0.3 is 12.1 Å². The summed E-state index contributed by atoms with van der Waals surface area (Å²) in [5.41, 5.74) is -2.54. The number of hydrogen-bond acceptors (Lipinski definition) is 2. The lowest BCUT2D eigenvalue weighted by molar-refractivity contribution is -0.136. The quantitative estimate of drug-likeness (QED) is 0.926. The molecule has 0 aliphatic heterocycles. The highest BCUT2D eigenvalue weighted by Gasteiger charge is 2.36. The van der Waals surface area contributed by atoms with Gasteiger partial charge in [0.1, 0.15) is 5.56 Å². The predicted octanol–water partition coefficient (Wildman–Crippen LogP) is 3.05. The second kappa shape index (κ2) is 4.34. The summed E-state index contributed by atoms with van der Waals surface area (Å²) >= 11 is 0. The summed E-state index contributed by atoms with van der Waals surface area (Å²) in [7, 11) is 0. The van der Waals surface area contributed by atoms with Crippen molar-refractivity contribution in [1.29, 1.82) is 0 Å². The molecular weight excluding hydrogens is 287 g/mol. The van der Waals surface area contributed by atoms with Crippen LogP contribution >= 0.6 is 0 Å². The molecule has 21 heavy (non-hydrogen) atoms. The van der Waals surface area contributed by atoms with Crippen LogP contribution in [0.2, 0.25) is 0 Å². The average molecular weight is 297 g/mol. The van der Waals surface area contributed by atoms with Gasteiger partial charge in [-0.2, -0.15) is 13.2 Å². The number of pyridine rings is 1. The van der Waals surface area contributed by atoms with Gasteiger partial charge in [-0.3, -0.25) is 4.79 Å². The molecular formula is C14H10F3NO3. The van der Waals surface area contributed by atoms with E-state index in [2.05, 4.69) is 0 Å². The van der Waals surface area contributed by atoms with E-state index >= 15 is 0 Å². The number of carboxylic acids is 1. The molecule has 1 aromatic carbocycles. The molecule has 0 saturated heterocycles. The third kappa shape index (κ3) is 2.18. The monoisotopic (exact) mass is 297 g/mol. The molecule has 0 bridgehead atoms. The van der Waals surface area contributed by atoms with Crippen LogP contribution in [-0.2, 0) is 6.18 Å². The van der Waals surface area contributed by atoms with E-state index in [1.807, 2.05) is 0 Å². The fourth-order valence-electron chi connectivity index (χ4n) is 2.43. The van der Waals surface area contributed by atoms with E-state index in [-0.39, 0.29) is 16.9 Å². The summed E-state index contributed by atoms with van der Waals surface area (Å²) in [5, 5.41) is 8.83. The molecule has 0 spiro atoms. The van der Waals surface area contributed by atoms with Crippen molar-refractivity contribution in [2.24, 2.45) is 0 Å². The highest BCUT2D eigenvalue weighted by atomic mass is 19.4.